The standard InChI is InChI=1S/C84H150O19/c1-5-9-13-17-21-25-29-33-37-41-45-49-53-57-61-65-72(87)99-81(70-86)83(95,101-74(89)67-63-59-55-51-47-43-39-35-31-27-23-19-15-11-7-3)84(96,102-75(90)68-64-60-56-52-48-44-40-36-32-28-24-20-16-12-8-4)82(94,80(103-81)98-78-71(69-85)97-79(93)77(92)76(78)91)100-73(88)66-62-58-54-50-46-42-38-34-30-26-22-18-14-10-6-2/h33-40,71,76-80,85-86,91-96H,5-32,41-70H2,1-4H3/b37-33-,38-34-,39-35-,40-36-/t71-,76-,77-,78-,79-,80+,81+,82-,83+,84+/m1/s1. The zero-order valence-electron chi connectivity index (χ0n) is 65.2. The fourth-order valence-electron chi connectivity index (χ4n) is 13.4. The topological polar surface area (TPSA) is 295 Å². The van der Waals surface area contributed by atoms with Crippen LogP contribution in [0.3, 0.4) is 0 Å². The molecule has 0 spiro atoms. The average Bonchev–Trinajstić information content (AvgIpc) is 0.681. The van der Waals surface area contributed by atoms with E-state index in [1.54, 1.807) is 0 Å². The van der Waals surface area contributed by atoms with E-state index in [1.807, 2.05) is 0 Å². The van der Waals surface area contributed by atoms with Crippen molar-refractivity contribution in [3.63, 3.8) is 0 Å². The molecular weight excluding hydrogens is 1310 g/mol. The van der Waals surface area contributed by atoms with E-state index in [0.717, 1.165) is 135 Å². The third-order valence-electron chi connectivity index (χ3n) is 20.0. The van der Waals surface area contributed by atoms with E-state index in [-0.39, 0.29) is 25.7 Å². The van der Waals surface area contributed by atoms with E-state index in [0.29, 0.717) is 44.9 Å². The van der Waals surface area contributed by atoms with Crippen LogP contribution in [0.2, 0.25) is 0 Å². The molecule has 0 amide bonds. The van der Waals surface area contributed by atoms with Crippen molar-refractivity contribution in [1.29, 1.82) is 0 Å². The van der Waals surface area contributed by atoms with E-state index < -0.39 is 123 Å². The molecule has 2 heterocycles. The van der Waals surface area contributed by atoms with Gasteiger partial charge in [-0.1, -0.05) is 282 Å². The molecule has 8 N–H and O–H groups in total. The summed E-state index contributed by atoms with van der Waals surface area (Å²) in [7, 11) is 0. The van der Waals surface area contributed by atoms with Crippen LogP contribution in [0.4, 0.5) is 0 Å². The number of unbranched alkanes of at least 4 members (excludes halogenated alkanes) is 44. The lowest BCUT2D eigenvalue weighted by atomic mass is 9.84. The Kier molecular flexibility index (Phi) is 56.8. The van der Waals surface area contributed by atoms with Crippen LogP contribution >= 0.6 is 0 Å². The lowest BCUT2D eigenvalue weighted by Crippen LogP contribution is -2.88. The van der Waals surface area contributed by atoms with Crippen LogP contribution in [0, 0.1) is 0 Å². The predicted octanol–water partition coefficient (Wildman–Crippen LogP) is 18.2. The number of ether oxygens (including phenoxy) is 7. The summed E-state index contributed by atoms with van der Waals surface area (Å²) in [4.78, 5) is 57.8. The Hall–Kier alpha value is -3.60. The summed E-state index contributed by atoms with van der Waals surface area (Å²) in [6.45, 7) is 6.06. The van der Waals surface area contributed by atoms with E-state index in [1.165, 1.54) is 128 Å². The molecule has 19 nitrogen and oxygen atoms in total. The zero-order chi connectivity index (χ0) is 75.4. The van der Waals surface area contributed by atoms with Crippen molar-refractivity contribution in [1.82, 2.24) is 0 Å². The van der Waals surface area contributed by atoms with Gasteiger partial charge >= 0.3 is 47.0 Å². The van der Waals surface area contributed by atoms with Crippen molar-refractivity contribution in [3.8, 4) is 0 Å². The smallest absolute Gasteiger partial charge is 0.356 e. The maximum Gasteiger partial charge on any atom is 0.356 e. The number of aliphatic hydroxyl groups is 8. The van der Waals surface area contributed by atoms with Crippen LogP contribution in [0.5, 0.6) is 0 Å². The van der Waals surface area contributed by atoms with Gasteiger partial charge in [0.15, 0.2) is 6.29 Å². The molecule has 19 heteroatoms. The maximum atomic E-state index is 14.6. The van der Waals surface area contributed by atoms with Gasteiger partial charge in [-0.15, -0.1) is 0 Å². The molecule has 0 aromatic rings. The second kappa shape index (κ2) is 61.3. The molecule has 2 saturated heterocycles. The molecule has 2 aliphatic rings. The summed E-state index contributed by atoms with van der Waals surface area (Å²) < 4.78 is 40.9. The van der Waals surface area contributed by atoms with E-state index in [4.69, 9.17) is 33.2 Å². The van der Waals surface area contributed by atoms with Crippen LogP contribution in [0.25, 0.3) is 0 Å². The van der Waals surface area contributed by atoms with Gasteiger partial charge in [0.05, 0.1) is 6.61 Å². The third-order valence-corrected chi connectivity index (χ3v) is 20.0. The van der Waals surface area contributed by atoms with Gasteiger partial charge < -0.3 is 69.3 Å². The summed E-state index contributed by atoms with van der Waals surface area (Å²) in [5.41, 5.74) is 0. The normalized spacial score (nSPS) is 23.8. The number of esters is 4. The highest BCUT2D eigenvalue weighted by molar-refractivity contribution is 5.73. The quantitative estimate of drug-likeness (QED) is 0.00923. The number of aliphatic hydroxyl groups excluding tert-OH is 5. The number of carbonyl (C=O) groups is 4. The van der Waals surface area contributed by atoms with Gasteiger partial charge in [-0.25, -0.2) is 0 Å². The van der Waals surface area contributed by atoms with Crippen molar-refractivity contribution in [2.75, 3.05) is 13.2 Å². The molecule has 10 atom stereocenters. The van der Waals surface area contributed by atoms with Crippen molar-refractivity contribution in [2.45, 2.75) is 447 Å². The van der Waals surface area contributed by atoms with E-state index >= 15 is 0 Å². The van der Waals surface area contributed by atoms with Crippen LogP contribution < -0.4 is 0 Å². The van der Waals surface area contributed by atoms with Gasteiger partial charge in [-0.05, 0) is 128 Å². The molecule has 0 aliphatic carbocycles. The van der Waals surface area contributed by atoms with E-state index in [2.05, 4.69) is 76.3 Å². The summed E-state index contributed by atoms with van der Waals surface area (Å²) in [5.74, 6) is -21.5. The fraction of sp³-hybridized carbons (Fsp3) is 0.857. The molecule has 0 bridgehead atoms. The van der Waals surface area contributed by atoms with Crippen molar-refractivity contribution in [3.05, 3.63) is 48.6 Å². The van der Waals surface area contributed by atoms with Crippen LogP contribution in [-0.4, -0.2) is 138 Å². The van der Waals surface area contributed by atoms with Crippen molar-refractivity contribution >= 4 is 23.9 Å². The first-order valence-electron chi connectivity index (χ1n) is 41.9. The van der Waals surface area contributed by atoms with Gasteiger partial charge in [-0.2, -0.15) is 0 Å². The average molecular weight is 1460 g/mol. The second-order valence-electron chi connectivity index (χ2n) is 29.4. The van der Waals surface area contributed by atoms with Gasteiger partial charge in [-0.3, -0.25) is 23.9 Å². The number of rotatable bonds is 68. The third kappa shape index (κ3) is 39.9. The molecule has 2 rings (SSSR count). The Morgan fingerprint density at radius 1 is 0.340 bits per heavy atom. The molecule has 0 saturated carbocycles. The molecule has 0 radical (unpaired) electrons. The molecule has 2 aliphatic heterocycles. The highest BCUT2D eigenvalue weighted by Crippen LogP contribution is 2.54. The minimum absolute atomic E-state index is 0.140. The summed E-state index contributed by atoms with van der Waals surface area (Å²) in [5, 5.41) is 95.6. The van der Waals surface area contributed by atoms with Gasteiger partial charge in [0, 0.05) is 25.7 Å². The molecule has 600 valence electrons. The lowest BCUT2D eigenvalue weighted by Gasteiger charge is -2.59. The van der Waals surface area contributed by atoms with Gasteiger partial charge in [0.25, 0.3) is 0 Å². The van der Waals surface area contributed by atoms with Crippen LogP contribution in [0.1, 0.15) is 387 Å². The Bertz CT molecular complexity index is 2220. The maximum absolute atomic E-state index is 14.6. The monoisotopic (exact) mass is 1460 g/mol. The first-order valence-corrected chi connectivity index (χ1v) is 41.9. The van der Waals surface area contributed by atoms with Crippen molar-refractivity contribution in [2.24, 2.45) is 0 Å². The highest BCUT2D eigenvalue weighted by Gasteiger charge is 2.87. The Morgan fingerprint density at radius 2 is 0.602 bits per heavy atom. The Labute approximate surface area is 623 Å². The number of allylic oxidation sites excluding steroid dienone is 8. The molecule has 0 unspecified atom stereocenters. The lowest BCUT2D eigenvalue weighted by molar-refractivity contribution is -0.582. The minimum atomic E-state index is -4.36. The Balaban J connectivity index is 2.59. The van der Waals surface area contributed by atoms with Crippen molar-refractivity contribution < 1.29 is 93.2 Å². The van der Waals surface area contributed by atoms with Gasteiger partial charge in [0.2, 0.25) is 6.29 Å². The van der Waals surface area contributed by atoms with E-state index in [9.17, 15) is 60.0 Å². The van der Waals surface area contributed by atoms with Gasteiger partial charge in [0.1, 0.15) is 31.0 Å². The fourth-order valence-corrected chi connectivity index (χ4v) is 13.4. The van der Waals surface area contributed by atoms with Crippen LogP contribution in [0.15, 0.2) is 48.6 Å². The number of carbonyl (C=O) groups excluding carboxylic acids is 4. The highest BCUT2D eigenvalue weighted by atomic mass is 16.9. The molecule has 0 aromatic carbocycles. The predicted molar refractivity (Wildman–Crippen MR) is 407 cm³/mol. The second-order valence-corrected chi connectivity index (χ2v) is 29.4. The summed E-state index contributed by atoms with van der Waals surface area (Å²) in [6.07, 6.45) is 52.2. The molecular formula is C84H150O19. The first-order chi connectivity index (χ1) is 50.0. The summed E-state index contributed by atoms with van der Waals surface area (Å²) >= 11 is 0. The Morgan fingerprint density at radius 3 is 0.893 bits per heavy atom. The largest absolute Gasteiger partial charge is 0.423 e. The molecule has 103 heavy (non-hydrogen) atoms. The molecule has 2 fully saturated rings. The van der Waals surface area contributed by atoms with Crippen LogP contribution in [-0.2, 0) is 52.3 Å². The minimum Gasteiger partial charge on any atom is -0.423 e. The SMILES string of the molecule is CCCCCCCC/C=C\CCCCCCCC(=O)O[C@@]1(CO)O[C@H](O[C@H]2[C@H](O)[C@@H](O)[C@H](O)O[C@@H]2CO)[C@@](O)(OC(=O)CCCCCCC/C=C\CCCCCCCC)[C@](O)(OC(=O)CCCCCCC/C=C\CCCCCCCC)[C@@]1(O)OC(=O)CCCCCCC/C=C\CCCCCCCC. The summed E-state index contributed by atoms with van der Waals surface area (Å²) in [6, 6.07) is 0. The molecule has 0 aromatic heterocycles. The number of hydrogen-bond donors (Lipinski definition) is 8. The first kappa shape index (κ1) is 95.5. The zero-order valence-corrected chi connectivity index (χ0v) is 65.2. The number of hydrogen-bond acceptors (Lipinski definition) is 19.